The summed E-state index contributed by atoms with van der Waals surface area (Å²) in [6.07, 6.45) is 2.77. The van der Waals surface area contributed by atoms with E-state index >= 15 is 0 Å². The standard InChI is InChI=1S/C21H19ClN4/c1-15-14-24-26-20(23-12-11-16-7-3-2-4-8-16)13-19(25-21(15)26)17-9-5-6-10-18(17)22/h2-10,13-14,23H,11-12H2,1H3. The second-order valence-corrected chi connectivity index (χ2v) is 6.64. The number of aryl methyl sites for hydroxylation is 1. The molecule has 0 atom stereocenters. The molecule has 0 bridgehead atoms. The van der Waals surface area contributed by atoms with Gasteiger partial charge in [0, 0.05) is 28.8 Å². The van der Waals surface area contributed by atoms with Crippen LogP contribution in [-0.2, 0) is 6.42 Å². The SMILES string of the molecule is Cc1cnn2c(NCCc3ccccc3)cc(-c3ccccc3Cl)nc12. The molecule has 130 valence electrons. The van der Waals surface area contributed by atoms with Gasteiger partial charge in [-0.3, -0.25) is 0 Å². The summed E-state index contributed by atoms with van der Waals surface area (Å²) in [6, 6.07) is 20.2. The van der Waals surface area contributed by atoms with Gasteiger partial charge in [-0.2, -0.15) is 9.61 Å². The zero-order chi connectivity index (χ0) is 17.9. The molecule has 0 aliphatic rings. The Labute approximate surface area is 157 Å². The number of fused-ring (bicyclic) bond motifs is 1. The van der Waals surface area contributed by atoms with Crippen molar-refractivity contribution in [1.29, 1.82) is 0 Å². The molecule has 0 radical (unpaired) electrons. The van der Waals surface area contributed by atoms with Gasteiger partial charge >= 0.3 is 0 Å². The predicted octanol–water partition coefficient (Wildman–Crippen LogP) is 5.01. The van der Waals surface area contributed by atoms with Gasteiger partial charge < -0.3 is 5.32 Å². The zero-order valence-electron chi connectivity index (χ0n) is 14.5. The van der Waals surface area contributed by atoms with E-state index < -0.39 is 0 Å². The van der Waals surface area contributed by atoms with Crippen LogP contribution in [0.25, 0.3) is 16.9 Å². The van der Waals surface area contributed by atoms with Crippen LogP contribution in [0.15, 0.2) is 66.9 Å². The Morgan fingerprint density at radius 3 is 2.62 bits per heavy atom. The van der Waals surface area contributed by atoms with Crippen LogP contribution in [0, 0.1) is 6.92 Å². The van der Waals surface area contributed by atoms with E-state index in [-0.39, 0.29) is 0 Å². The summed E-state index contributed by atoms with van der Waals surface area (Å²) in [5.74, 6) is 0.911. The third kappa shape index (κ3) is 3.28. The van der Waals surface area contributed by atoms with Gasteiger partial charge in [0.1, 0.15) is 5.82 Å². The molecule has 0 aliphatic heterocycles. The summed E-state index contributed by atoms with van der Waals surface area (Å²) in [6.45, 7) is 2.82. The fraction of sp³-hybridized carbons (Fsp3) is 0.143. The minimum atomic E-state index is 0.691. The number of aromatic nitrogens is 3. The summed E-state index contributed by atoms with van der Waals surface area (Å²) >= 11 is 6.38. The first-order valence-corrected chi connectivity index (χ1v) is 8.98. The lowest BCUT2D eigenvalue weighted by Crippen LogP contribution is -2.10. The van der Waals surface area contributed by atoms with E-state index in [1.807, 2.05) is 54.0 Å². The van der Waals surface area contributed by atoms with E-state index in [9.17, 15) is 0 Å². The number of rotatable bonds is 5. The first-order valence-electron chi connectivity index (χ1n) is 8.60. The van der Waals surface area contributed by atoms with Crippen molar-refractivity contribution in [3.8, 4) is 11.3 Å². The van der Waals surface area contributed by atoms with Gasteiger partial charge in [-0.15, -0.1) is 0 Å². The molecule has 1 N–H and O–H groups in total. The fourth-order valence-corrected chi connectivity index (χ4v) is 3.22. The van der Waals surface area contributed by atoms with Crippen molar-refractivity contribution in [3.63, 3.8) is 0 Å². The normalized spacial score (nSPS) is 11.0. The molecule has 4 aromatic rings. The number of nitrogens with zero attached hydrogens (tertiary/aromatic N) is 3. The van der Waals surface area contributed by atoms with Crippen LogP contribution in [-0.4, -0.2) is 21.1 Å². The van der Waals surface area contributed by atoms with E-state index in [1.165, 1.54) is 5.56 Å². The van der Waals surface area contributed by atoms with E-state index in [1.54, 1.807) is 0 Å². The highest BCUT2D eigenvalue weighted by Crippen LogP contribution is 2.29. The van der Waals surface area contributed by atoms with Gasteiger partial charge in [-0.1, -0.05) is 60.1 Å². The highest BCUT2D eigenvalue weighted by atomic mass is 35.5. The summed E-state index contributed by atoms with van der Waals surface area (Å²) in [4.78, 5) is 4.77. The Morgan fingerprint density at radius 1 is 1.04 bits per heavy atom. The Kier molecular flexibility index (Phi) is 4.59. The Bertz CT molecular complexity index is 1040. The average molecular weight is 363 g/mol. The molecule has 0 saturated heterocycles. The molecule has 2 aromatic heterocycles. The minimum Gasteiger partial charge on any atom is -0.370 e. The highest BCUT2D eigenvalue weighted by molar-refractivity contribution is 6.33. The van der Waals surface area contributed by atoms with Crippen LogP contribution in [0.3, 0.4) is 0 Å². The number of benzene rings is 2. The van der Waals surface area contributed by atoms with Gasteiger partial charge in [0.05, 0.1) is 11.9 Å². The quantitative estimate of drug-likeness (QED) is 0.542. The molecule has 0 amide bonds. The molecule has 2 heterocycles. The summed E-state index contributed by atoms with van der Waals surface area (Å²) in [7, 11) is 0. The maximum Gasteiger partial charge on any atom is 0.160 e. The van der Waals surface area contributed by atoms with Crippen LogP contribution in [0.2, 0.25) is 5.02 Å². The molecular formula is C21H19ClN4. The molecule has 0 unspecified atom stereocenters. The lowest BCUT2D eigenvalue weighted by atomic mass is 10.1. The van der Waals surface area contributed by atoms with E-state index in [2.05, 4.69) is 34.7 Å². The number of nitrogens with one attached hydrogen (secondary N) is 1. The minimum absolute atomic E-state index is 0.691. The van der Waals surface area contributed by atoms with E-state index in [0.29, 0.717) is 5.02 Å². The molecule has 0 saturated carbocycles. The smallest absolute Gasteiger partial charge is 0.160 e. The van der Waals surface area contributed by atoms with Gasteiger partial charge in [0.25, 0.3) is 0 Å². The third-order valence-electron chi connectivity index (χ3n) is 4.36. The van der Waals surface area contributed by atoms with Crippen LogP contribution in [0.5, 0.6) is 0 Å². The van der Waals surface area contributed by atoms with E-state index in [0.717, 1.165) is 41.3 Å². The van der Waals surface area contributed by atoms with Gasteiger partial charge in [0.2, 0.25) is 0 Å². The molecule has 0 aliphatic carbocycles. The van der Waals surface area contributed by atoms with Crippen molar-refractivity contribution in [2.24, 2.45) is 0 Å². The van der Waals surface area contributed by atoms with Gasteiger partial charge in [0.15, 0.2) is 5.65 Å². The Hall–Kier alpha value is -2.85. The Balaban J connectivity index is 1.68. The van der Waals surface area contributed by atoms with Crippen molar-refractivity contribution >= 4 is 23.1 Å². The molecule has 2 aromatic carbocycles. The second kappa shape index (κ2) is 7.18. The van der Waals surface area contributed by atoms with Crippen molar-refractivity contribution in [3.05, 3.63) is 83.0 Å². The largest absolute Gasteiger partial charge is 0.370 e. The van der Waals surface area contributed by atoms with Crippen molar-refractivity contribution in [2.75, 3.05) is 11.9 Å². The molecule has 0 spiro atoms. The molecule has 4 rings (SSSR count). The number of hydrogen-bond acceptors (Lipinski definition) is 3. The number of halogens is 1. The van der Waals surface area contributed by atoms with Crippen LogP contribution in [0.4, 0.5) is 5.82 Å². The fourth-order valence-electron chi connectivity index (χ4n) is 2.99. The second-order valence-electron chi connectivity index (χ2n) is 6.23. The van der Waals surface area contributed by atoms with E-state index in [4.69, 9.17) is 16.6 Å². The lowest BCUT2D eigenvalue weighted by molar-refractivity contribution is 0.914. The van der Waals surface area contributed by atoms with Crippen molar-refractivity contribution < 1.29 is 0 Å². The van der Waals surface area contributed by atoms with Gasteiger partial charge in [-0.05, 0) is 25.0 Å². The first kappa shape index (κ1) is 16.6. The molecule has 26 heavy (non-hydrogen) atoms. The highest BCUT2D eigenvalue weighted by Gasteiger charge is 2.12. The average Bonchev–Trinajstić information content (AvgIpc) is 3.04. The predicted molar refractivity (Wildman–Crippen MR) is 107 cm³/mol. The summed E-state index contributed by atoms with van der Waals surface area (Å²) in [5, 5.41) is 8.65. The van der Waals surface area contributed by atoms with Crippen LogP contribution in [0.1, 0.15) is 11.1 Å². The molecular weight excluding hydrogens is 344 g/mol. The van der Waals surface area contributed by atoms with Crippen LogP contribution < -0.4 is 5.32 Å². The van der Waals surface area contributed by atoms with Crippen molar-refractivity contribution in [1.82, 2.24) is 14.6 Å². The maximum atomic E-state index is 6.38. The summed E-state index contributed by atoms with van der Waals surface area (Å²) < 4.78 is 1.85. The molecule has 5 heteroatoms. The summed E-state index contributed by atoms with van der Waals surface area (Å²) in [5.41, 5.74) is 4.93. The maximum absolute atomic E-state index is 6.38. The zero-order valence-corrected chi connectivity index (χ0v) is 15.2. The monoisotopic (exact) mass is 362 g/mol. The van der Waals surface area contributed by atoms with Crippen LogP contribution >= 0.6 is 11.6 Å². The topological polar surface area (TPSA) is 42.2 Å². The lowest BCUT2D eigenvalue weighted by Gasteiger charge is -2.12. The number of anilines is 1. The number of hydrogen-bond donors (Lipinski definition) is 1. The Morgan fingerprint density at radius 2 is 1.81 bits per heavy atom. The molecule has 0 fully saturated rings. The molecule has 4 nitrogen and oxygen atoms in total. The third-order valence-corrected chi connectivity index (χ3v) is 4.69. The van der Waals surface area contributed by atoms with Gasteiger partial charge in [-0.25, -0.2) is 4.98 Å². The first-order chi connectivity index (χ1) is 12.7. The van der Waals surface area contributed by atoms with Crippen molar-refractivity contribution in [2.45, 2.75) is 13.3 Å².